The van der Waals surface area contributed by atoms with Gasteiger partial charge in [-0.15, -0.1) is 0 Å². The first-order valence-electron chi connectivity index (χ1n) is 7.40. The highest BCUT2D eigenvalue weighted by atomic mass is 16.5. The van der Waals surface area contributed by atoms with E-state index in [4.69, 9.17) is 4.74 Å². The number of carbonyl (C=O) groups excluding carboxylic acids is 2. The highest BCUT2D eigenvalue weighted by Crippen LogP contribution is 2.44. The van der Waals surface area contributed by atoms with Crippen molar-refractivity contribution in [2.75, 3.05) is 13.7 Å². The lowest BCUT2D eigenvalue weighted by atomic mass is 9.83. The van der Waals surface area contributed by atoms with Gasteiger partial charge >= 0.3 is 0 Å². The molecule has 0 aromatic carbocycles. The number of hydrogen-bond donors (Lipinski definition) is 1. The second kappa shape index (κ2) is 5.02. The zero-order valence-electron chi connectivity index (χ0n) is 13.2. The number of piperazine rings is 1. The minimum Gasteiger partial charge on any atom is -0.385 e. The predicted octanol–water partition coefficient (Wildman–Crippen LogP) is 1.32. The van der Waals surface area contributed by atoms with E-state index in [0.29, 0.717) is 6.61 Å². The van der Waals surface area contributed by atoms with Gasteiger partial charge in [-0.25, -0.2) is 0 Å². The molecule has 114 valence electrons. The molecule has 2 unspecified atom stereocenters. The number of hydrogen-bond acceptors (Lipinski definition) is 3. The zero-order valence-corrected chi connectivity index (χ0v) is 13.2. The Labute approximate surface area is 121 Å². The van der Waals surface area contributed by atoms with Crippen LogP contribution in [-0.4, -0.2) is 47.6 Å². The number of nitrogens with zero attached hydrogens (tertiary/aromatic N) is 1. The minimum absolute atomic E-state index is 0.0124. The van der Waals surface area contributed by atoms with Crippen LogP contribution in [0, 0.1) is 5.92 Å². The molecule has 2 fully saturated rings. The lowest BCUT2D eigenvalue weighted by molar-refractivity contribution is -0.164. The monoisotopic (exact) mass is 282 g/mol. The first kappa shape index (κ1) is 15.3. The Bertz CT molecular complexity index is 417. The molecule has 0 aromatic rings. The normalized spacial score (nSPS) is 31.1. The largest absolute Gasteiger partial charge is 0.385 e. The van der Waals surface area contributed by atoms with E-state index >= 15 is 0 Å². The molecule has 1 saturated heterocycles. The van der Waals surface area contributed by atoms with Gasteiger partial charge in [-0.1, -0.05) is 0 Å². The van der Waals surface area contributed by atoms with E-state index in [1.807, 2.05) is 27.7 Å². The first-order valence-corrected chi connectivity index (χ1v) is 7.40. The number of rotatable bonds is 5. The fraction of sp³-hybridized carbons (Fsp3) is 0.867. The summed E-state index contributed by atoms with van der Waals surface area (Å²) in [7, 11) is 1.65. The standard InChI is InChI=1S/C15H26N2O3/c1-10(8-9-20-5)17-13(19)15(4,11-6-7-11)16-12(18)14(17,2)3/h10-11H,6-9H2,1-5H3,(H,16,18). The van der Waals surface area contributed by atoms with E-state index in [2.05, 4.69) is 5.32 Å². The van der Waals surface area contributed by atoms with Crippen LogP contribution < -0.4 is 5.32 Å². The van der Waals surface area contributed by atoms with Gasteiger partial charge in [0.25, 0.3) is 0 Å². The first-order chi connectivity index (χ1) is 9.25. The molecule has 0 spiro atoms. The van der Waals surface area contributed by atoms with Gasteiger partial charge < -0.3 is 15.0 Å². The van der Waals surface area contributed by atoms with E-state index in [0.717, 1.165) is 19.3 Å². The number of amides is 2. The van der Waals surface area contributed by atoms with Gasteiger partial charge in [-0.05, 0) is 52.9 Å². The van der Waals surface area contributed by atoms with Gasteiger partial charge in [-0.3, -0.25) is 9.59 Å². The van der Waals surface area contributed by atoms with Crippen molar-refractivity contribution in [3.8, 4) is 0 Å². The number of carbonyl (C=O) groups is 2. The molecule has 1 heterocycles. The molecule has 1 saturated carbocycles. The van der Waals surface area contributed by atoms with Gasteiger partial charge in [0.05, 0.1) is 0 Å². The van der Waals surface area contributed by atoms with Crippen molar-refractivity contribution in [1.82, 2.24) is 10.2 Å². The van der Waals surface area contributed by atoms with Gasteiger partial charge in [0, 0.05) is 19.8 Å². The fourth-order valence-corrected chi connectivity index (χ4v) is 3.16. The molecule has 1 aliphatic heterocycles. The summed E-state index contributed by atoms with van der Waals surface area (Å²) < 4.78 is 5.11. The summed E-state index contributed by atoms with van der Waals surface area (Å²) in [6.45, 7) is 8.08. The fourth-order valence-electron chi connectivity index (χ4n) is 3.16. The SMILES string of the molecule is COCCC(C)N1C(=O)C(C)(C2CC2)NC(=O)C1(C)C. The third-order valence-electron chi connectivity index (χ3n) is 4.77. The Kier molecular flexibility index (Phi) is 3.84. The highest BCUT2D eigenvalue weighted by molar-refractivity contribution is 6.02. The maximum absolute atomic E-state index is 13.0. The van der Waals surface area contributed by atoms with Gasteiger partial charge in [-0.2, -0.15) is 0 Å². The molecule has 0 bridgehead atoms. The van der Waals surface area contributed by atoms with Crippen LogP contribution in [0.15, 0.2) is 0 Å². The van der Waals surface area contributed by atoms with Crippen LogP contribution in [0.4, 0.5) is 0 Å². The van der Waals surface area contributed by atoms with Crippen molar-refractivity contribution in [3.05, 3.63) is 0 Å². The molecule has 20 heavy (non-hydrogen) atoms. The Hall–Kier alpha value is -1.10. The smallest absolute Gasteiger partial charge is 0.249 e. The van der Waals surface area contributed by atoms with Gasteiger partial charge in [0.2, 0.25) is 11.8 Å². The molecule has 2 amide bonds. The summed E-state index contributed by atoms with van der Waals surface area (Å²) in [5.74, 6) is 0.274. The molecule has 5 nitrogen and oxygen atoms in total. The summed E-state index contributed by atoms with van der Waals surface area (Å²) in [5, 5.41) is 2.97. The predicted molar refractivity (Wildman–Crippen MR) is 76.2 cm³/mol. The molecule has 2 atom stereocenters. The maximum Gasteiger partial charge on any atom is 0.249 e. The lowest BCUT2D eigenvalue weighted by Gasteiger charge is -2.51. The average Bonchev–Trinajstić information content (AvgIpc) is 3.18. The van der Waals surface area contributed by atoms with E-state index in [-0.39, 0.29) is 23.8 Å². The second-order valence-electron chi connectivity index (χ2n) is 6.80. The van der Waals surface area contributed by atoms with Crippen molar-refractivity contribution in [1.29, 1.82) is 0 Å². The average molecular weight is 282 g/mol. The summed E-state index contributed by atoms with van der Waals surface area (Å²) in [4.78, 5) is 27.2. The summed E-state index contributed by atoms with van der Waals surface area (Å²) in [6, 6.07) is -0.0124. The van der Waals surface area contributed by atoms with Crippen LogP contribution in [0.25, 0.3) is 0 Å². The topological polar surface area (TPSA) is 58.6 Å². The third kappa shape index (κ3) is 2.32. The van der Waals surface area contributed by atoms with Crippen molar-refractivity contribution in [3.63, 3.8) is 0 Å². The molecule has 0 aromatic heterocycles. The zero-order chi connectivity index (χ0) is 15.1. The molecule has 1 N–H and O–H groups in total. The van der Waals surface area contributed by atoms with Crippen molar-refractivity contribution in [2.45, 2.75) is 64.1 Å². The van der Waals surface area contributed by atoms with Crippen molar-refractivity contribution in [2.24, 2.45) is 5.92 Å². The maximum atomic E-state index is 13.0. The van der Waals surface area contributed by atoms with E-state index < -0.39 is 11.1 Å². The number of nitrogens with one attached hydrogen (secondary N) is 1. The minimum atomic E-state index is -0.807. The van der Waals surface area contributed by atoms with Crippen LogP contribution in [0.2, 0.25) is 0 Å². The Balaban J connectivity index is 2.28. The molecular formula is C15H26N2O3. The van der Waals surface area contributed by atoms with Crippen LogP contribution >= 0.6 is 0 Å². The Morgan fingerprint density at radius 3 is 2.45 bits per heavy atom. The molecule has 2 aliphatic rings. The van der Waals surface area contributed by atoms with Crippen LogP contribution in [0.3, 0.4) is 0 Å². The van der Waals surface area contributed by atoms with Crippen LogP contribution in [-0.2, 0) is 14.3 Å². The summed E-state index contributed by atoms with van der Waals surface area (Å²) >= 11 is 0. The summed E-state index contributed by atoms with van der Waals surface area (Å²) in [6.07, 6.45) is 2.77. The van der Waals surface area contributed by atoms with E-state index in [1.54, 1.807) is 12.0 Å². The molecular weight excluding hydrogens is 256 g/mol. The third-order valence-corrected chi connectivity index (χ3v) is 4.77. The number of methoxy groups -OCH3 is 1. The van der Waals surface area contributed by atoms with Crippen LogP contribution in [0.5, 0.6) is 0 Å². The molecule has 2 rings (SSSR count). The second-order valence-corrected chi connectivity index (χ2v) is 6.80. The highest BCUT2D eigenvalue weighted by Gasteiger charge is 2.58. The molecule has 5 heteroatoms. The van der Waals surface area contributed by atoms with Crippen LogP contribution in [0.1, 0.15) is 47.0 Å². The lowest BCUT2D eigenvalue weighted by Crippen LogP contribution is -2.75. The quantitative estimate of drug-likeness (QED) is 0.827. The Morgan fingerprint density at radius 1 is 1.35 bits per heavy atom. The molecule has 0 radical (unpaired) electrons. The van der Waals surface area contributed by atoms with E-state index in [9.17, 15) is 9.59 Å². The van der Waals surface area contributed by atoms with Crippen molar-refractivity contribution < 1.29 is 14.3 Å². The van der Waals surface area contributed by atoms with Crippen molar-refractivity contribution >= 4 is 11.8 Å². The summed E-state index contributed by atoms with van der Waals surface area (Å²) in [5.41, 5.74) is -1.54. The van der Waals surface area contributed by atoms with E-state index in [1.165, 1.54) is 0 Å². The van der Waals surface area contributed by atoms with Gasteiger partial charge in [0.15, 0.2) is 0 Å². The molecule has 1 aliphatic carbocycles. The van der Waals surface area contributed by atoms with Gasteiger partial charge in [0.1, 0.15) is 11.1 Å². The Morgan fingerprint density at radius 2 is 1.95 bits per heavy atom. The number of ether oxygens (including phenoxy) is 1.